The SMILES string of the molecule is O=C(c1cc(-c2cccc(Cl)c2)no1)N1CCCSCC1. The van der Waals surface area contributed by atoms with Crippen LogP contribution in [0, 0.1) is 0 Å². The van der Waals surface area contributed by atoms with Crippen molar-refractivity contribution in [3.05, 3.63) is 41.1 Å². The maximum atomic E-state index is 12.4. The lowest BCUT2D eigenvalue weighted by Crippen LogP contribution is -2.32. The van der Waals surface area contributed by atoms with Crippen molar-refractivity contribution in [3.8, 4) is 11.3 Å². The fourth-order valence-corrected chi connectivity index (χ4v) is 3.34. The molecule has 1 aliphatic rings. The predicted molar refractivity (Wildman–Crippen MR) is 84.8 cm³/mol. The largest absolute Gasteiger partial charge is 0.350 e. The van der Waals surface area contributed by atoms with Crippen molar-refractivity contribution >= 4 is 29.3 Å². The van der Waals surface area contributed by atoms with Crippen LogP contribution < -0.4 is 0 Å². The number of thioether (sulfide) groups is 1. The van der Waals surface area contributed by atoms with Gasteiger partial charge in [0.15, 0.2) is 0 Å². The first-order valence-corrected chi connectivity index (χ1v) is 8.37. The summed E-state index contributed by atoms with van der Waals surface area (Å²) in [7, 11) is 0. The van der Waals surface area contributed by atoms with Crippen molar-refractivity contribution in [1.82, 2.24) is 10.1 Å². The van der Waals surface area contributed by atoms with Crippen LogP contribution in [0.25, 0.3) is 11.3 Å². The summed E-state index contributed by atoms with van der Waals surface area (Å²) in [6, 6.07) is 9.02. The van der Waals surface area contributed by atoms with Gasteiger partial charge in [0.25, 0.3) is 5.91 Å². The van der Waals surface area contributed by atoms with Crippen molar-refractivity contribution in [2.24, 2.45) is 0 Å². The lowest BCUT2D eigenvalue weighted by molar-refractivity contribution is 0.0727. The van der Waals surface area contributed by atoms with Gasteiger partial charge in [0.05, 0.1) is 0 Å². The third kappa shape index (κ3) is 3.41. The van der Waals surface area contributed by atoms with Crippen molar-refractivity contribution in [3.63, 3.8) is 0 Å². The van der Waals surface area contributed by atoms with E-state index in [0.717, 1.165) is 36.6 Å². The second kappa shape index (κ2) is 6.54. The van der Waals surface area contributed by atoms with Crippen LogP contribution in [0.5, 0.6) is 0 Å². The molecule has 0 N–H and O–H groups in total. The summed E-state index contributed by atoms with van der Waals surface area (Å²) in [6.45, 7) is 1.54. The first-order chi connectivity index (χ1) is 10.2. The molecule has 6 heteroatoms. The van der Waals surface area contributed by atoms with E-state index >= 15 is 0 Å². The Kier molecular flexibility index (Phi) is 4.51. The summed E-state index contributed by atoms with van der Waals surface area (Å²) >= 11 is 7.85. The molecule has 110 valence electrons. The second-order valence-corrected chi connectivity index (χ2v) is 6.51. The van der Waals surface area contributed by atoms with E-state index in [1.54, 1.807) is 18.2 Å². The number of amides is 1. The van der Waals surface area contributed by atoms with Crippen LogP contribution in [-0.4, -0.2) is 40.6 Å². The summed E-state index contributed by atoms with van der Waals surface area (Å²) < 4.78 is 5.22. The highest BCUT2D eigenvalue weighted by Crippen LogP contribution is 2.23. The Morgan fingerprint density at radius 3 is 3.05 bits per heavy atom. The molecule has 0 spiro atoms. The zero-order valence-corrected chi connectivity index (χ0v) is 13.0. The molecule has 0 saturated carbocycles. The minimum atomic E-state index is -0.0849. The fourth-order valence-electron chi connectivity index (χ4n) is 2.26. The molecule has 0 bridgehead atoms. The molecule has 2 heterocycles. The maximum Gasteiger partial charge on any atom is 0.292 e. The van der Waals surface area contributed by atoms with Crippen LogP contribution in [0.1, 0.15) is 17.0 Å². The molecule has 21 heavy (non-hydrogen) atoms. The Hall–Kier alpha value is -1.46. The average molecular weight is 323 g/mol. The predicted octanol–water partition coefficient (Wildman–Crippen LogP) is 3.57. The zero-order valence-electron chi connectivity index (χ0n) is 11.4. The van der Waals surface area contributed by atoms with Gasteiger partial charge in [-0.3, -0.25) is 4.79 Å². The Morgan fingerprint density at radius 1 is 1.29 bits per heavy atom. The first-order valence-electron chi connectivity index (χ1n) is 6.84. The van der Waals surface area contributed by atoms with E-state index in [1.807, 2.05) is 28.8 Å². The number of carbonyl (C=O) groups excluding carboxylic acids is 1. The summed E-state index contributed by atoms with van der Waals surface area (Å²) in [6.07, 6.45) is 1.02. The molecule has 1 aromatic heterocycles. The van der Waals surface area contributed by atoms with Crippen LogP contribution in [0.4, 0.5) is 0 Å². The molecule has 1 aromatic carbocycles. The number of hydrogen-bond acceptors (Lipinski definition) is 4. The molecule has 0 aliphatic carbocycles. The molecule has 1 aliphatic heterocycles. The van der Waals surface area contributed by atoms with E-state index in [2.05, 4.69) is 5.16 Å². The topological polar surface area (TPSA) is 46.3 Å². The van der Waals surface area contributed by atoms with Gasteiger partial charge >= 0.3 is 0 Å². The van der Waals surface area contributed by atoms with Gasteiger partial charge < -0.3 is 9.42 Å². The Balaban J connectivity index is 1.79. The highest BCUT2D eigenvalue weighted by Gasteiger charge is 2.21. The lowest BCUT2D eigenvalue weighted by atomic mass is 10.1. The van der Waals surface area contributed by atoms with Crippen molar-refractivity contribution in [2.75, 3.05) is 24.6 Å². The Morgan fingerprint density at radius 2 is 2.19 bits per heavy atom. The van der Waals surface area contributed by atoms with E-state index in [0.29, 0.717) is 10.7 Å². The van der Waals surface area contributed by atoms with Gasteiger partial charge in [-0.15, -0.1) is 0 Å². The highest BCUT2D eigenvalue weighted by atomic mass is 35.5. The summed E-state index contributed by atoms with van der Waals surface area (Å²) in [5.41, 5.74) is 1.47. The van der Waals surface area contributed by atoms with Crippen LogP contribution >= 0.6 is 23.4 Å². The van der Waals surface area contributed by atoms with E-state index in [9.17, 15) is 4.79 Å². The molecule has 2 aromatic rings. The number of carbonyl (C=O) groups is 1. The van der Waals surface area contributed by atoms with E-state index < -0.39 is 0 Å². The highest BCUT2D eigenvalue weighted by molar-refractivity contribution is 7.99. The van der Waals surface area contributed by atoms with Gasteiger partial charge in [-0.25, -0.2) is 0 Å². The fraction of sp³-hybridized carbons (Fsp3) is 0.333. The number of nitrogens with zero attached hydrogens (tertiary/aromatic N) is 2. The van der Waals surface area contributed by atoms with Crippen LogP contribution in [0.3, 0.4) is 0 Å². The molecular weight excluding hydrogens is 308 g/mol. The molecule has 1 amide bonds. The van der Waals surface area contributed by atoms with Crippen molar-refractivity contribution < 1.29 is 9.32 Å². The van der Waals surface area contributed by atoms with Gasteiger partial charge in [0.1, 0.15) is 5.69 Å². The first kappa shape index (κ1) is 14.5. The molecular formula is C15H15ClN2O2S. The van der Waals surface area contributed by atoms with E-state index in [-0.39, 0.29) is 11.7 Å². The van der Waals surface area contributed by atoms with Gasteiger partial charge in [0, 0.05) is 35.5 Å². The van der Waals surface area contributed by atoms with Crippen LogP contribution in [-0.2, 0) is 0 Å². The Bertz CT molecular complexity index is 636. The second-order valence-electron chi connectivity index (χ2n) is 4.84. The van der Waals surface area contributed by atoms with Crippen LogP contribution in [0.2, 0.25) is 5.02 Å². The van der Waals surface area contributed by atoms with Gasteiger partial charge in [-0.2, -0.15) is 11.8 Å². The minimum absolute atomic E-state index is 0.0849. The van der Waals surface area contributed by atoms with E-state index in [1.165, 1.54) is 0 Å². The third-order valence-corrected chi connectivity index (χ3v) is 4.63. The summed E-state index contributed by atoms with van der Waals surface area (Å²) in [5, 5.41) is 4.61. The maximum absolute atomic E-state index is 12.4. The van der Waals surface area contributed by atoms with Crippen LogP contribution in [0.15, 0.2) is 34.9 Å². The Labute approximate surface area is 132 Å². The number of benzene rings is 1. The number of halogens is 1. The molecule has 0 atom stereocenters. The zero-order chi connectivity index (χ0) is 14.7. The molecule has 0 unspecified atom stereocenters. The number of rotatable bonds is 2. The van der Waals surface area contributed by atoms with Gasteiger partial charge in [0.2, 0.25) is 5.76 Å². The smallest absolute Gasteiger partial charge is 0.292 e. The van der Waals surface area contributed by atoms with E-state index in [4.69, 9.17) is 16.1 Å². The molecule has 4 nitrogen and oxygen atoms in total. The number of aromatic nitrogens is 1. The standard InChI is InChI=1S/C15H15ClN2O2S/c16-12-4-1-3-11(9-12)13-10-14(20-17-13)15(19)18-5-2-7-21-8-6-18/h1,3-4,9-10H,2,5-8H2. The normalized spacial score (nSPS) is 15.8. The number of hydrogen-bond donors (Lipinski definition) is 0. The van der Waals surface area contributed by atoms with Crippen molar-refractivity contribution in [2.45, 2.75) is 6.42 Å². The molecule has 1 fully saturated rings. The third-order valence-electron chi connectivity index (χ3n) is 3.35. The quantitative estimate of drug-likeness (QED) is 0.848. The monoisotopic (exact) mass is 322 g/mol. The summed E-state index contributed by atoms with van der Waals surface area (Å²) in [5.74, 6) is 2.28. The molecule has 3 rings (SSSR count). The molecule has 0 radical (unpaired) electrons. The van der Waals surface area contributed by atoms with Gasteiger partial charge in [-0.1, -0.05) is 28.9 Å². The van der Waals surface area contributed by atoms with Crippen molar-refractivity contribution in [1.29, 1.82) is 0 Å². The lowest BCUT2D eigenvalue weighted by Gasteiger charge is -2.17. The van der Waals surface area contributed by atoms with Gasteiger partial charge in [-0.05, 0) is 24.3 Å². The minimum Gasteiger partial charge on any atom is -0.350 e. The molecule has 1 saturated heterocycles. The average Bonchev–Trinajstić information content (AvgIpc) is 2.82. The summed E-state index contributed by atoms with van der Waals surface area (Å²) in [4.78, 5) is 14.3.